The second-order valence-corrected chi connectivity index (χ2v) is 8.28. The number of hydrogen-bond acceptors (Lipinski definition) is 4. The van der Waals surface area contributed by atoms with Gasteiger partial charge in [0, 0.05) is 30.0 Å². The Morgan fingerprint density at radius 3 is 2.92 bits per heavy atom. The monoisotopic (exact) mass is 396 g/mol. The SMILES string of the molecule is CC1CN(C(=O)OC(C)(C)C)CCc2cc3c(c(Br)c21)NCCO3. The lowest BCUT2D eigenvalue weighted by molar-refractivity contribution is 0.0248. The van der Waals surface area contributed by atoms with Crippen molar-refractivity contribution in [3.63, 3.8) is 0 Å². The molecule has 1 N–H and O–H groups in total. The summed E-state index contributed by atoms with van der Waals surface area (Å²) in [5.41, 5.74) is 3.05. The summed E-state index contributed by atoms with van der Waals surface area (Å²) in [6, 6.07) is 2.12. The summed E-state index contributed by atoms with van der Waals surface area (Å²) in [4.78, 5) is 14.3. The number of ether oxygens (including phenoxy) is 2. The molecule has 5 nitrogen and oxygen atoms in total. The Hall–Kier alpha value is -1.43. The fourth-order valence-corrected chi connectivity index (χ4v) is 4.29. The van der Waals surface area contributed by atoms with Crippen LogP contribution < -0.4 is 10.1 Å². The smallest absolute Gasteiger partial charge is 0.410 e. The van der Waals surface area contributed by atoms with Crippen LogP contribution >= 0.6 is 15.9 Å². The van der Waals surface area contributed by atoms with Crippen molar-refractivity contribution in [1.29, 1.82) is 0 Å². The van der Waals surface area contributed by atoms with Crippen LogP contribution in [0.4, 0.5) is 10.5 Å². The van der Waals surface area contributed by atoms with Crippen LogP contribution in [0.3, 0.4) is 0 Å². The Morgan fingerprint density at radius 1 is 1.46 bits per heavy atom. The van der Waals surface area contributed by atoms with Gasteiger partial charge in [0.2, 0.25) is 0 Å². The van der Waals surface area contributed by atoms with Gasteiger partial charge in [0.15, 0.2) is 0 Å². The van der Waals surface area contributed by atoms with Crippen molar-refractivity contribution in [3.8, 4) is 5.75 Å². The predicted octanol–water partition coefficient (Wildman–Crippen LogP) is 4.15. The van der Waals surface area contributed by atoms with Gasteiger partial charge in [0.1, 0.15) is 18.0 Å². The Labute approximate surface area is 151 Å². The summed E-state index contributed by atoms with van der Waals surface area (Å²) in [7, 11) is 0. The number of anilines is 1. The summed E-state index contributed by atoms with van der Waals surface area (Å²) in [5, 5.41) is 3.41. The van der Waals surface area contributed by atoms with Gasteiger partial charge in [-0.1, -0.05) is 6.92 Å². The zero-order chi connectivity index (χ0) is 17.5. The number of hydrogen-bond donors (Lipinski definition) is 1. The summed E-state index contributed by atoms with van der Waals surface area (Å²) in [5.74, 6) is 1.11. The lowest BCUT2D eigenvalue weighted by Crippen LogP contribution is -2.38. The summed E-state index contributed by atoms with van der Waals surface area (Å²) >= 11 is 3.76. The predicted molar refractivity (Wildman–Crippen MR) is 98.1 cm³/mol. The van der Waals surface area contributed by atoms with Gasteiger partial charge in [-0.15, -0.1) is 0 Å². The first-order valence-electron chi connectivity index (χ1n) is 8.46. The Bertz CT molecular complexity index is 655. The van der Waals surface area contributed by atoms with E-state index in [-0.39, 0.29) is 12.0 Å². The minimum atomic E-state index is -0.475. The number of benzene rings is 1. The van der Waals surface area contributed by atoms with Crippen molar-refractivity contribution in [3.05, 3.63) is 21.7 Å². The van der Waals surface area contributed by atoms with Gasteiger partial charge in [-0.3, -0.25) is 0 Å². The average molecular weight is 397 g/mol. The number of carbonyl (C=O) groups is 1. The number of halogens is 1. The first-order chi connectivity index (χ1) is 11.3. The molecule has 0 saturated heterocycles. The van der Waals surface area contributed by atoms with Gasteiger partial charge < -0.3 is 19.7 Å². The molecule has 2 aliphatic heterocycles. The highest BCUT2D eigenvalue weighted by molar-refractivity contribution is 9.10. The summed E-state index contributed by atoms with van der Waals surface area (Å²) in [6.45, 7) is 10.6. The van der Waals surface area contributed by atoms with Crippen molar-refractivity contribution in [2.24, 2.45) is 0 Å². The van der Waals surface area contributed by atoms with E-state index in [0.29, 0.717) is 19.7 Å². The second kappa shape index (κ2) is 6.47. The third-order valence-electron chi connectivity index (χ3n) is 4.30. The highest BCUT2D eigenvalue weighted by Crippen LogP contribution is 2.43. The normalized spacial score (nSPS) is 20.2. The first kappa shape index (κ1) is 17.4. The van der Waals surface area contributed by atoms with Gasteiger partial charge >= 0.3 is 6.09 Å². The highest BCUT2D eigenvalue weighted by Gasteiger charge is 2.30. The molecule has 0 aromatic heterocycles. The largest absolute Gasteiger partial charge is 0.490 e. The van der Waals surface area contributed by atoms with Gasteiger partial charge in [-0.25, -0.2) is 4.79 Å². The van der Waals surface area contributed by atoms with Gasteiger partial charge in [-0.05, 0) is 60.3 Å². The van der Waals surface area contributed by atoms with E-state index >= 15 is 0 Å². The number of fused-ring (bicyclic) bond motifs is 2. The summed E-state index contributed by atoms with van der Waals surface area (Å²) < 4.78 is 12.4. The number of amides is 1. The van der Waals surface area contributed by atoms with E-state index in [1.165, 1.54) is 11.1 Å². The molecule has 2 heterocycles. The molecule has 0 saturated carbocycles. The van der Waals surface area contributed by atoms with Crippen molar-refractivity contribution < 1.29 is 14.3 Å². The molecule has 3 rings (SSSR count). The molecule has 2 aliphatic rings. The maximum atomic E-state index is 12.5. The van der Waals surface area contributed by atoms with E-state index in [9.17, 15) is 4.79 Å². The minimum Gasteiger partial charge on any atom is -0.490 e. The topological polar surface area (TPSA) is 50.8 Å². The number of rotatable bonds is 0. The Balaban J connectivity index is 1.88. The van der Waals surface area contributed by atoms with Crippen LogP contribution in [-0.4, -0.2) is 42.8 Å². The molecule has 0 radical (unpaired) electrons. The van der Waals surface area contributed by atoms with E-state index in [4.69, 9.17) is 9.47 Å². The standard InChI is InChI=1S/C18H25BrN2O3/c1-11-10-21(17(22)24-18(2,3)4)7-5-12-9-13-16(15(19)14(11)12)20-6-8-23-13/h9,11,20H,5-8,10H2,1-4H3. The Kier molecular flexibility index (Phi) is 4.69. The fourth-order valence-electron chi connectivity index (χ4n) is 3.31. The molecule has 24 heavy (non-hydrogen) atoms. The molecule has 0 spiro atoms. The molecule has 132 valence electrons. The zero-order valence-corrected chi connectivity index (χ0v) is 16.3. The van der Waals surface area contributed by atoms with Crippen LogP contribution in [0.5, 0.6) is 5.75 Å². The van der Waals surface area contributed by atoms with Crippen LogP contribution in [0.15, 0.2) is 10.5 Å². The van der Waals surface area contributed by atoms with Crippen LogP contribution in [0, 0.1) is 0 Å². The lowest BCUT2D eigenvalue weighted by atomic mass is 9.94. The number of nitrogens with zero attached hydrogens (tertiary/aromatic N) is 1. The van der Waals surface area contributed by atoms with Crippen molar-refractivity contribution in [2.75, 3.05) is 31.6 Å². The number of nitrogens with one attached hydrogen (secondary N) is 1. The van der Waals surface area contributed by atoms with E-state index < -0.39 is 5.60 Å². The molecule has 0 fully saturated rings. The molecule has 6 heteroatoms. The van der Waals surface area contributed by atoms with Crippen molar-refractivity contribution in [1.82, 2.24) is 4.90 Å². The maximum Gasteiger partial charge on any atom is 0.410 e. The molecule has 0 aliphatic carbocycles. The molecule has 1 atom stereocenters. The molecule has 1 unspecified atom stereocenters. The zero-order valence-electron chi connectivity index (χ0n) is 14.7. The minimum absolute atomic E-state index is 0.221. The molecular formula is C18H25BrN2O3. The van der Waals surface area contributed by atoms with E-state index in [1.807, 2.05) is 25.7 Å². The van der Waals surface area contributed by atoms with Gasteiger partial charge in [-0.2, -0.15) is 0 Å². The van der Waals surface area contributed by atoms with Crippen LogP contribution in [0.2, 0.25) is 0 Å². The molecule has 1 aromatic carbocycles. The van der Waals surface area contributed by atoms with Crippen LogP contribution in [0.1, 0.15) is 44.7 Å². The quantitative estimate of drug-likeness (QED) is 0.715. The van der Waals surface area contributed by atoms with Crippen LogP contribution in [-0.2, 0) is 11.2 Å². The molecular weight excluding hydrogens is 372 g/mol. The van der Waals surface area contributed by atoms with E-state index in [2.05, 4.69) is 34.2 Å². The van der Waals surface area contributed by atoms with Crippen LogP contribution in [0.25, 0.3) is 0 Å². The van der Waals surface area contributed by atoms with E-state index in [0.717, 1.165) is 28.9 Å². The molecule has 1 aromatic rings. The Morgan fingerprint density at radius 2 is 2.21 bits per heavy atom. The third kappa shape index (κ3) is 3.48. The summed E-state index contributed by atoms with van der Waals surface area (Å²) in [6.07, 6.45) is 0.561. The number of carbonyl (C=O) groups excluding carboxylic acids is 1. The third-order valence-corrected chi connectivity index (χ3v) is 5.13. The lowest BCUT2D eigenvalue weighted by Gasteiger charge is -2.28. The first-order valence-corrected chi connectivity index (χ1v) is 9.25. The average Bonchev–Trinajstić information content (AvgIpc) is 2.65. The van der Waals surface area contributed by atoms with Crippen molar-refractivity contribution in [2.45, 2.75) is 45.6 Å². The highest BCUT2D eigenvalue weighted by atomic mass is 79.9. The molecule has 0 bridgehead atoms. The van der Waals surface area contributed by atoms with Gasteiger partial charge in [0.25, 0.3) is 0 Å². The fraction of sp³-hybridized carbons (Fsp3) is 0.611. The van der Waals surface area contributed by atoms with Gasteiger partial charge in [0.05, 0.1) is 5.69 Å². The second-order valence-electron chi connectivity index (χ2n) is 7.49. The molecule has 1 amide bonds. The maximum absolute atomic E-state index is 12.5. The van der Waals surface area contributed by atoms with Crippen molar-refractivity contribution >= 4 is 27.7 Å². The van der Waals surface area contributed by atoms with E-state index in [1.54, 1.807) is 0 Å².